The van der Waals surface area contributed by atoms with Crippen LogP contribution < -0.4 is 5.32 Å². The van der Waals surface area contributed by atoms with E-state index in [1.807, 2.05) is 0 Å². The van der Waals surface area contributed by atoms with Crippen molar-refractivity contribution in [1.82, 2.24) is 15.5 Å². The second-order valence-electron chi connectivity index (χ2n) is 5.72. The monoisotopic (exact) mass is 233 g/mol. The van der Waals surface area contributed by atoms with Gasteiger partial charge in [0.1, 0.15) is 0 Å². The number of nitrogens with one attached hydrogen (secondary N) is 2. The highest BCUT2D eigenvalue weighted by Gasteiger charge is 2.24. The number of hydrogen-bond donors (Lipinski definition) is 2. The molecule has 94 valence electrons. The summed E-state index contributed by atoms with van der Waals surface area (Å²) in [6.07, 6.45) is 10.6. The molecule has 1 heterocycles. The van der Waals surface area contributed by atoms with Gasteiger partial charge in [-0.25, -0.2) is 0 Å². The zero-order valence-corrected chi connectivity index (χ0v) is 10.8. The maximum atomic E-state index is 4.43. The lowest BCUT2D eigenvalue weighted by Crippen LogP contribution is -2.42. The Morgan fingerprint density at radius 1 is 1.12 bits per heavy atom. The maximum Gasteiger partial charge on any atom is 0.0672 e. The molecular formula is C14H23N3. The van der Waals surface area contributed by atoms with Crippen molar-refractivity contribution >= 4 is 0 Å². The normalized spacial score (nSPS) is 25.8. The predicted molar refractivity (Wildman–Crippen MR) is 69.1 cm³/mol. The van der Waals surface area contributed by atoms with Crippen LogP contribution in [0.4, 0.5) is 0 Å². The zero-order valence-electron chi connectivity index (χ0n) is 10.8. The van der Waals surface area contributed by atoms with Crippen molar-refractivity contribution in [3.05, 3.63) is 17.0 Å². The van der Waals surface area contributed by atoms with E-state index in [0.29, 0.717) is 6.04 Å². The average molecular weight is 233 g/mol. The Bertz CT molecular complexity index is 377. The molecule has 2 N–H and O–H groups in total. The van der Waals surface area contributed by atoms with Gasteiger partial charge < -0.3 is 5.32 Å². The van der Waals surface area contributed by atoms with Gasteiger partial charge in [0, 0.05) is 24.2 Å². The first-order valence-corrected chi connectivity index (χ1v) is 7.11. The van der Waals surface area contributed by atoms with Gasteiger partial charge >= 0.3 is 0 Å². The van der Waals surface area contributed by atoms with E-state index in [4.69, 9.17) is 0 Å². The van der Waals surface area contributed by atoms with Crippen LogP contribution in [0.25, 0.3) is 0 Å². The molecule has 2 aliphatic carbocycles. The van der Waals surface area contributed by atoms with E-state index >= 15 is 0 Å². The van der Waals surface area contributed by atoms with E-state index < -0.39 is 0 Å². The van der Waals surface area contributed by atoms with Crippen molar-refractivity contribution in [1.29, 1.82) is 0 Å². The van der Waals surface area contributed by atoms with Crippen molar-refractivity contribution in [2.45, 2.75) is 70.4 Å². The molecule has 1 aromatic heterocycles. The third-order valence-corrected chi connectivity index (χ3v) is 4.42. The molecule has 1 atom stereocenters. The summed E-state index contributed by atoms with van der Waals surface area (Å²) < 4.78 is 0. The molecule has 0 saturated heterocycles. The number of H-pyrrole nitrogens is 1. The van der Waals surface area contributed by atoms with E-state index in [2.05, 4.69) is 22.4 Å². The van der Waals surface area contributed by atoms with Gasteiger partial charge in [0.05, 0.1) is 5.69 Å². The van der Waals surface area contributed by atoms with Gasteiger partial charge in [-0.1, -0.05) is 19.3 Å². The molecule has 1 saturated carbocycles. The summed E-state index contributed by atoms with van der Waals surface area (Å²) in [6, 6.07) is 1.43. The van der Waals surface area contributed by atoms with E-state index in [0.717, 1.165) is 12.5 Å². The van der Waals surface area contributed by atoms with Crippen LogP contribution in [-0.2, 0) is 12.8 Å². The summed E-state index contributed by atoms with van der Waals surface area (Å²) in [5.41, 5.74) is 4.06. The first kappa shape index (κ1) is 11.3. The van der Waals surface area contributed by atoms with Gasteiger partial charge in [-0.15, -0.1) is 0 Å². The second kappa shape index (κ2) is 4.81. The summed E-state index contributed by atoms with van der Waals surface area (Å²) in [4.78, 5) is 0. The highest BCUT2D eigenvalue weighted by molar-refractivity contribution is 5.27. The van der Waals surface area contributed by atoms with Gasteiger partial charge in [0.25, 0.3) is 0 Å². The third kappa shape index (κ3) is 2.39. The van der Waals surface area contributed by atoms with E-state index in [1.54, 1.807) is 0 Å². The highest BCUT2D eigenvalue weighted by Crippen LogP contribution is 2.24. The number of aromatic amines is 1. The first-order chi connectivity index (χ1) is 8.33. The molecule has 3 nitrogen and oxygen atoms in total. The minimum Gasteiger partial charge on any atom is -0.311 e. The molecule has 1 fully saturated rings. The van der Waals surface area contributed by atoms with Crippen LogP contribution in [0.15, 0.2) is 0 Å². The fourth-order valence-corrected chi connectivity index (χ4v) is 3.40. The standard InChI is InChI=1S/C14H23N3/c1-10-13-8-7-12(9-14(13)17-16-10)15-11-5-3-2-4-6-11/h11-12,15H,2-9H2,1H3,(H,16,17). The van der Waals surface area contributed by atoms with Crippen LogP contribution in [0.1, 0.15) is 55.5 Å². The topological polar surface area (TPSA) is 40.7 Å². The third-order valence-electron chi connectivity index (χ3n) is 4.42. The zero-order chi connectivity index (χ0) is 11.7. The largest absolute Gasteiger partial charge is 0.311 e. The van der Waals surface area contributed by atoms with Gasteiger partial charge in [-0.3, -0.25) is 5.10 Å². The van der Waals surface area contributed by atoms with E-state index in [1.165, 1.54) is 61.9 Å². The van der Waals surface area contributed by atoms with Crippen molar-refractivity contribution in [3.63, 3.8) is 0 Å². The van der Waals surface area contributed by atoms with Gasteiger partial charge in [0.15, 0.2) is 0 Å². The molecule has 3 heteroatoms. The van der Waals surface area contributed by atoms with Crippen molar-refractivity contribution < 1.29 is 0 Å². The summed E-state index contributed by atoms with van der Waals surface area (Å²) in [6.45, 7) is 2.14. The highest BCUT2D eigenvalue weighted by atomic mass is 15.1. The Labute approximate surface area is 103 Å². The SMILES string of the molecule is Cc1[nH]nc2c1CCC(NC1CCCCC1)C2. The predicted octanol–water partition coefficient (Wildman–Crippen LogP) is 2.50. The molecule has 0 aromatic carbocycles. The molecule has 0 bridgehead atoms. The number of fused-ring (bicyclic) bond motifs is 1. The van der Waals surface area contributed by atoms with E-state index in [-0.39, 0.29) is 0 Å². The molecule has 17 heavy (non-hydrogen) atoms. The van der Waals surface area contributed by atoms with Crippen LogP contribution >= 0.6 is 0 Å². The molecule has 0 spiro atoms. The van der Waals surface area contributed by atoms with Crippen LogP contribution in [-0.4, -0.2) is 22.3 Å². The van der Waals surface area contributed by atoms with Crippen molar-refractivity contribution in [3.8, 4) is 0 Å². The molecule has 1 aromatic rings. The minimum atomic E-state index is 0.660. The number of hydrogen-bond acceptors (Lipinski definition) is 2. The van der Waals surface area contributed by atoms with Gasteiger partial charge in [0.2, 0.25) is 0 Å². The number of aryl methyl sites for hydroxylation is 1. The Morgan fingerprint density at radius 3 is 2.76 bits per heavy atom. The lowest BCUT2D eigenvalue weighted by molar-refractivity contribution is 0.319. The maximum absolute atomic E-state index is 4.43. The minimum absolute atomic E-state index is 0.660. The second-order valence-corrected chi connectivity index (χ2v) is 5.72. The van der Waals surface area contributed by atoms with Gasteiger partial charge in [-0.05, 0) is 38.2 Å². The van der Waals surface area contributed by atoms with Crippen LogP contribution in [0.5, 0.6) is 0 Å². The number of rotatable bonds is 2. The summed E-state index contributed by atoms with van der Waals surface area (Å²) in [7, 11) is 0. The van der Waals surface area contributed by atoms with Crippen LogP contribution in [0, 0.1) is 6.92 Å². The van der Waals surface area contributed by atoms with Crippen molar-refractivity contribution in [2.24, 2.45) is 0 Å². The Balaban J connectivity index is 1.60. The quantitative estimate of drug-likeness (QED) is 0.824. The fourth-order valence-electron chi connectivity index (χ4n) is 3.40. The molecule has 2 aliphatic rings. The lowest BCUT2D eigenvalue weighted by Gasteiger charge is -2.30. The first-order valence-electron chi connectivity index (χ1n) is 7.11. The summed E-state index contributed by atoms with van der Waals surface area (Å²) in [5, 5.41) is 11.4. The Hall–Kier alpha value is -0.830. The summed E-state index contributed by atoms with van der Waals surface area (Å²) in [5.74, 6) is 0. The van der Waals surface area contributed by atoms with Gasteiger partial charge in [-0.2, -0.15) is 5.10 Å². The smallest absolute Gasteiger partial charge is 0.0672 e. The molecule has 0 aliphatic heterocycles. The number of nitrogens with zero attached hydrogens (tertiary/aromatic N) is 1. The fraction of sp³-hybridized carbons (Fsp3) is 0.786. The van der Waals surface area contributed by atoms with Crippen LogP contribution in [0.2, 0.25) is 0 Å². The Morgan fingerprint density at radius 2 is 1.94 bits per heavy atom. The number of aromatic nitrogens is 2. The lowest BCUT2D eigenvalue weighted by atomic mass is 9.89. The Kier molecular flexibility index (Phi) is 3.19. The summed E-state index contributed by atoms with van der Waals surface area (Å²) >= 11 is 0. The molecule has 3 rings (SSSR count). The van der Waals surface area contributed by atoms with Crippen LogP contribution in [0.3, 0.4) is 0 Å². The molecular weight excluding hydrogens is 210 g/mol. The van der Waals surface area contributed by atoms with E-state index in [9.17, 15) is 0 Å². The molecule has 1 unspecified atom stereocenters. The molecule has 0 amide bonds. The average Bonchev–Trinajstić information content (AvgIpc) is 2.72. The molecule has 0 radical (unpaired) electrons. The van der Waals surface area contributed by atoms with Crippen molar-refractivity contribution in [2.75, 3.05) is 0 Å².